The number of likely N-dealkylation sites (tertiary alicyclic amines) is 1. The highest BCUT2D eigenvalue weighted by atomic mass is 35.5. The second-order valence-corrected chi connectivity index (χ2v) is 6.75. The van der Waals surface area contributed by atoms with Crippen LogP contribution in [0.4, 0.5) is 0 Å². The predicted octanol–water partition coefficient (Wildman–Crippen LogP) is 2.38. The second-order valence-electron chi connectivity index (χ2n) is 6.75. The summed E-state index contributed by atoms with van der Waals surface area (Å²) in [6.45, 7) is 5.88. The first kappa shape index (κ1) is 19.2. The number of carbonyl (C=O) groups is 2. The Bertz CT molecular complexity index is 384. The van der Waals surface area contributed by atoms with Gasteiger partial charge < -0.3 is 10.0 Å². The zero-order chi connectivity index (χ0) is 15.4. The summed E-state index contributed by atoms with van der Waals surface area (Å²) in [6, 6.07) is 0.609. The van der Waals surface area contributed by atoms with Crippen LogP contribution < -0.4 is 0 Å². The third kappa shape index (κ3) is 4.85. The van der Waals surface area contributed by atoms with Crippen LogP contribution in [-0.4, -0.2) is 58.5 Å². The van der Waals surface area contributed by atoms with E-state index in [1.165, 1.54) is 12.8 Å². The molecule has 0 bridgehead atoms. The maximum Gasteiger partial charge on any atom is 0.307 e. The van der Waals surface area contributed by atoms with E-state index in [4.69, 9.17) is 5.11 Å². The van der Waals surface area contributed by atoms with Crippen molar-refractivity contribution in [3.05, 3.63) is 0 Å². The van der Waals surface area contributed by atoms with Gasteiger partial charge in [0, 0.05) is 18.6 Å². The number of piperidine rings is 1. The van der Waals surface area contributed by atoms with Crippen molar-refractivity contribution in [3.63, 3.8) is 0 Å². The molecule has 0 radical (unpaired) electrons. The van der Waals surface area contributed by atoms with Crippen LogP contribution in [-0.2, 0) is 9.59 Å². The van der Waals surface area contributed by atoms with E-state index >= 15 is 0 Å². The highest BCUT2D eigenvalue weighted by molar-refractivity contribution is 5.85. The molecule has 1 amide bonds. The second kappa shape index (κ2) is 8.73. The monoisotopic (exact) mass is 332 g/mol. The molecule has 1 aliphatic carbocycles. The molecule has 1 aliphatic heterocycles. The average Bonchev–Trinajstić information content (AvgIpc) is 2.92. The van der Waals surface area contributed by atoms with Crippen molar-refractivity contribution < 1.29 is 14.7 Å². The Morgan fingerprint density at radius 3 is 2.36 bits per heavy atom. The maximum absolute atomic E-state index is 12.7. The van der Waals surface area contributed by atoms with Gasteiger partial charge in [-0.2, -0.15) is 0 Å². The molecule has 1 N–H and O–H groups in total. The normalized spacial score (nSPS) is 23.3. The fourth-order valence-electron chi connectivity index (χ4n) is 3.77. The summed E-state index contributed by atoms with van der Waals surface area (Å²) in [4.78, 5) is 27.8. The van der Waals surface area contributed by atoms with Crippen LogP contribution in [0.1, 0.15) is 52.4 Å². The first-order chi connectivity index (χ1) is 9.99. The number of carboxylic acids is 1. The molecule has 6 heteroatoms. The van der Waals surface area contributed by atoms with Gasteiger partial charge in [0.15, 0.2) is 0 Å². The third-order valence-corrected chi connectivity index (χ3v) is 4.78. The van der Waals surface area contributed by atoms with E-state index in [9.17, 15) is 9.59 Å². The van der Waals surface area contributed by atoms with Gasteiger partial charge in [0.2, 0.25) is 5.91 Å². The van der Waals surface area contributed by atoms with Gasteiger partial charge in [-0.15, -0.1) is 12.4 Å². The van der Waals surface area contributed by atoms with Gasteiger partial charge in [-0.3, -0.25) is 14.5 Å². The van der Waals surface area contributed by atoms with Crippen molar-refractivity contribution in [1.82, 2.24) is 9.80 Å². The molecule has 2 rings (SSSR count). The van der Waals surface area contributed by atoms with Crippen LogP contribution >= 0.6 is 12.4 Å². The Balaban J connectivity index is 0.00000242. The topological polar surface area (TPSA) is 60.9 Å². The smallest absolute Gasteiger partial charge is 0.307 e. The van der Waals surface area contributed by atoms with E-state index in [0.717, 1.165) is 32.2 Å². The fraction of sp³-hybridized carbons (Fsp3) is 0.875. The average molecular weight is 333 g/mol. The van der Waals surface area contributed by atoms with E-state index in [-0.39, 0.29) is 30.3 Å². The summed E-state index contributed by atoms with van der Waals surface area (Å²) >= 11 is 0. The van der Waals surface area contributed by atoms with Gasteiger partial charge in [-0.1, -0.05) is 12.8 Å². The minimum Gasteiger partial charge on any atom is -0.481 e. The standard InChI is InChI=1S/C16H28N2O3.ClH/c1-12(2)18(14-7-3-4-8-14)15(19)11-17-9-5-6-13(10-17)16(20)21;/h12-14H,3-11H2,1-2H3,(H,20,21);1H. The number of amides is 1. The summed E-state index contributed by atoms with van der Waals surface area (Å²) in [7, 11) is 0. The van der Waals surface area contributed by atoms with Crippen LogP contribution in [0.5, 0.6) is 0 Å². The number of rotatable bonds is 5. The number of carboxylic acid groups (broad SMARTS) is 1. The van der Waals surface area contributed by atoms with Crippen molar-refractivity contribution >= 4 is 24.3 Å². The molecular weight excluding hydrogens is 304 g/mol. The van der Waals surface area contributed by atoms with Gasteiger partial charge in [0.05, 0.1) is 12.5 Å². The number of aliphatic carboxylic acids is 1. The minimum atomic E-state index is -0.733. The van der Waals surface area contributed by atoms with Crippen LogP contribution in [0.2, 0.25) is 0 Å². The van der Waals surface area contributed by atoms with Crippen LogP contribution in [0.15, 0.2) is 0 Å². The van der Waals surface area contributed by atoms with Crippen molar-refractivity contribution in [3.8, 4) is 0 Å². The van der Waals surface area contributed by atoms with E-state index in [0.29, 0.717) is 19.1 Å². The summed E-state index contributed by atoms with van der Waals surface area (Å²) in [5.74, 6) is -0.878. The molecule has 1 heterocycles. The van der Waals surface area contributed by atoms with Gasteiger partial charge in [-0.05, 0) is 46.1 Å². The molecule has 2 fully saturated rings. The van der Waals surface area contributed by atoms with Crippen LogP contribution in [0.25, 0.3) is 0 Å². The summed E-state index contributed by atoms with van der Waals surface area (Å²) in [6.07, 6.45) is 6.26. The molecule has 0 aromatic rings. The molecule has 22 heavy (non-hydrogen) atoms. The lowest BCUT2D eigenvalue weighted by Gasteiger charge is -2.36. The van der Waals surface area contributed by atoms with E-state index < -0.39 is 5.97 Å². The fourth-order valence-corrected chi connectivity index (χ4v) is 3.77. The lowest BCUT2D eigenvalue weighted by molar-refractivity contribution is -0.145. The van der Waals surface area contributed by atoms with Gasteiger partial charge >= 0.3 is 5.97 Å². The number of nitrogens with zero attached hydrogens (tertiary/aromatic N) is 2. The van der Waals surface area contributed by atoms with E-state index in [1.54, 1.807) is 0 Å². The van der Waals surface area contributed by atoms with Gasteiger partial charge in [0.1, 0.15) is 0 Å². The summed E-state index contributed by atoms with van der Waals surface area (Å²) < 4.78 is 0. The third-order valence-electron chi connectivity index (χ3n) is 4.78. The zero-order valence-electron chi connectivity index (χ0n) is 13.7. The number of carbonyl (C=O) groups excluding carboxylic acids is 1. The van der Waals surface area contributed by atoms with E-state index in [1.807, 2.05) is 9.80 Å². The predicted molar refractivity (Wildman–Crippen MR) is 88.3 cm³/mol. The highest BCUT2D eigenvalue weighted by Crippen LogP contribution is 2.26. The van der Waals surface area contributed by atoms with Crippen LogP contribution in [0.3, 0.4) is 0 Å². The largest absolute Gasteiger partial charge is 0.481 e. The lowest BCUT2D eigenvalue weighted by Crippen LogP contribution is -2.50. The van der Waals surface area contributed by atoms with Crippen molar-refractivity contribution in [2.45, 2.75) is 64.5 Å². The number of hydrogen-bond acceptors (Lipinski definition) is 3. The molecule has 0 aromatic heterocycles. The Morgan fingerprint density at radius 1 is 1.18 bits per heavy atom. The number of halogens is 1. The SMILES string of the molecule is CC(C)N(C(=O)CN1CCCC(C(=O)O)C1)C1CCCC1.Cl. The first-order valence-electron chi connectivity index (χ1n) is 8.25. The molecule has 1 unspecified atom stereocenters. The van der Waals surface area contributed by atoms with Crippen LogP contribution in [0, 0.1) is 5.92 Å². The molecular formula is C16H29ClN2O3. The van der Waals surface area contributed by atoms with E-state index in [2.05, 4.69) is 13.8 Å². The number of hydrogen-bond donors (Lipinski definition) is 1. The van der Waals surface area contributed by atoms with Gasteiger partial charge in [-0.25, -0.2) is 0 Å². The molecule has 0 spiro atoms. The highest BCUT2D eigenvalue weighted by Gasteiger charge is 2.31. The summed E-state index contributed by atoms with van der Waals surface area (Å²) in [5, 5.41) is 9.14. The van der Waals surface area contributed by atoms with Crippen molar-refractivity contribution in [1.29, 1.82) is 0 Å². The Labute approximate surface area is 139 Å². The van der Waals surface area contributed by atoms with Crippen molar-refractivity contribution in [2.75, 3.05) is 19.6 Å². The molecule has 1 saturated heterocycles. The summed E-state index contributed by atoms with van der Waals surface area (Å²) in [5.41, 5.74) is 0. The maximum atomic E-state index is 12.7. The van der Waals surface area contributed by atoms with Gasteiger partial charge in [0.25, 0.3) is 0 Å². The Morgan fingerprint density at radius 2 is 1.82 bits per heavy atom. The minimum absolute atomic E-state index is 0. The lowest BCUT2D eigenvalue weighted by atomic mass is 9.98. The molecule has 2 aliphatic rings. The first-order valence-corrected chi connectivity index (χ1v) is 8.25. The molecule has 1 atom stereocenters. The molecule has 128 valence electrons. The quantitative estimate of drug-likeness (QED) is 0.839. The molecule has 1 saturated carbocycles. The molecule has 5 nitrogen and oxygen atoms in total. The van der Waals surface area contributed by atoms with Crippen molar-refractivity contribution in [2.24, 2.45) is 5.92 Å². The molecule has 0 aromatic carbocycles. The Hall–Kier alpha value is -0.810. The Kier molecular flexibility index (Phi) is 7.63. The zero-order valence-corrected chi connectivity index (χ0v) is 14.5.